The number of rotatable bonds is 8. The Labute approximate surface area is 115 Å². The molecule has 0 aliphatic rings. The van der Waals surface area contributed by atoms with Gasteiger partial charge in [0, 0.05) is 12.2 Å². The minimum absolute atomic E-state index is 0.310. The number of hydrogen-bond acceptors (Lipinski definition) is 3. The van der Waals surface area contributed by atoms with Crippen molar-refractivity contribution in [1.29, 1.82) is 0 Å². The SMILES string of the molecule is CCCc1cc(C(=O)O)cc(NCCCC(C)C)n1. The second-order valence-electron chi connectivity index (χ2n) is 5.25. The smallest absolute Gasteiger partial charge is 0.335 e. The summed E-state index contributed by atoms with van der Waals surface area (Å²) in [5, 5.41) is 12.3. The van der Waals surface area contributed by atoms with Crippen LogP contribution >= 0.6 is 0 Å². The third-order valence-corrected chi connectivity index (χ3v) is 2.90. The standard InChI is InChI=1S/C15H24N2O2/c1-4-6-13-9-12(15(18)19)10-14(17-13)16-8-5-7-11(2)3/h9-11H,4-8H2,1-3H3,(H,16,17)(H,18,19). The zero-order valence-corrected chi connectivity index (χ0v) is 12.1. The number of aryl methyl sites for hydroxylation is 1. The Bertz CT molecular complexity index is 417. The number of aromatic nitrogens is 1. The molecule has 0 bridgehead atoms. The molecule has 0 amide bonds. The lowest BCUT2D eigenvalue weighted by Gasteiger charge is -2.10. The van der Waals surface area contributed by atoms with Crippen molar-refractivity contribution in [2.45, 2.75) is 46.5 Å². The first-order valence-electron chi connectivity index (χ1n) is 7.01. The van der Waals surface area contributed by atoms with E-state index in [2.05, 4.69) is 31.1 Å². The molecule has 1 rings (SSSR count). The molecule has 4 heteroatoms. The summed E-state index contributed by atoms with van der Waals surface area (Å²) >= 11 is 0. The quantitative estimate of drug-likeness (QED) is 0.704. The van der Waals surface area contributed by atoms with Crippen LogP contribution in [0.4, 0.5) is 5.82 Å². The molecule has 0 aromatic carbocycles. The van der Waals surface area contributed by atoms with Crippen molar-refractivity contribution in [3.63, 3.8) is 0 Å². The monoisotopic (exact) mass is 264 g/mol. The van der Waals surface area contributed by atoms with E-state index in [9.17, 15) is 4.79 Å². The predicted octanol–water partition coefficient (Wildman–Crippen LogP) is 3.58. The number of carboxylic acid groups (broad SMARTS) is 1. The van der Waals surface area contributed by atoms with Crippen molar-refractivity contribution in [2.24, 2.45) is 5.92 Å². The molecule has 0 aliphatic carbocycles. The molecule has 2 N–H and O–H groups in total. The Hall–Kier alpha value is -1.58. The van der Waals surface area contributed by atoms with Crippen molar-refractivity contribution in [3.05, 3.63) is 23.4 Å². The zero-order valence-electron chi connectivity index (χ0n) is 12.1. The van der Waals surface area contributed by atoms with Crippen LogP contribution in [0.2, 0.25) is 0 Å². The van der Waals surface area contributed by atoms with Crippen LogP contribution < -0.4 is 5.32 Å². The van der Waals surface area contributed by atoms with E-state index in [1.165, 1.54) is 0 Å². The molecule has 0 saturated heterocycles. The number of nitrogens with zero attached hydrogens (tertiary/aromatic N) is 1. The molecule has 0 saturated carbocycles. The molecule has 0 atom stereocenters. The lowest BCUT2D eigenvalue weighted by atomic mass is 10.1. The first kappa shape index (κ1) is 15.5. The lowest BCUT2D eigenvalue weighted by Crippen LogP contribution is -2.08. The number of anilines is 1. The van der Waals surface area contributed by atoms with Gasteiger partial charge in [0.15, 0.2) is 0 Å². The molecule has 0 radical (unpaired) electrons. The topological polar surface area (TPSA) is 62.2 Å². The van der Waals surface area contributed by atoms with Crippen molar-refractivity contribution < 1.29 is 9.90 Å². The van der Waals surface area contributed by atoms with Crippen molar-refractivity contribution in [2.75, 3.05) is 11.9 Å². The van der Waals surface area contributed by atoms with Gasteiger partial charge in [-0.25, -0.2) is 9.78 Å². The van der Waals surface area contributed by atoms with E-state index in [0.717, 1.165) is 37.9 Å². The van der Waals surface area contributed by atoms with E-state index in [0.29, 0.717) is 17.3 Å². The summed E-state index contributed by atoms with van der Waals surface area (Å²) in [6.07, 6.45) is 4.00. The number of carboxylic acids is 1. The van der Waals surface area contributed by atoms with Crippen LogP contribution in [-0.2, 0) is 6.42 Å². The molecule has 0 fully saturated rings. The van der Waals surface area contributed by atoms with Crippen LogP contribution in [0.15, 0.2) is 12.1 Å². The highest BCUT2D eigenvalue weighted by Crippen LogP contribution is 2.13. The van der Waals surface area contributed by atoms with Gasteiger partial charge in [0.1, 0.15) is 5.82 Å². The molecular formula is C15H24N2O2. The number of hydrogen-bond donors (Lipinski definition) is 2. The Morgan fingerprint density at radius 2 is 2.16 bits per heavy atom. The van der Waals surface area contributed by atoms with Crippen LogP contribution in [0, 0.1) is 5.92 Å². The highest BCUT2D eigenvalue weighted by molar-refractivity contribution is 5.88. The summed E-state index contributed by atoms with van der Waals surface area (Å²) in [6, 6.07) is 3.27. The van der Waals surface area contributed by atoms with Gasteiger partial charge in [0.25, 0.3) is 0 Å². The van der Waals surface area contributed by atoms with E-state index in [4.69, 9.17) is 5.11 Å². The highest BCUT2D eigenvalue weighted by atomic mass is 16.4. The molecule has 0 spiro atoms. The average Bonchev–Trinajstić information content (AvgIpc) is 2.34. The van der Waals surface area contributed by atoms with Gasteiger partial charge in [0.2, 0.25) is 0 Å². The van der Waals surface area contributed by atoms with Crippen LogP contribution in [0.25, 0.3) is 0 Å². The van der Waals surface area contributed by atoms with E-state index in [1.807, 2.05) is 0 Å². The summed E-state index contributed by atoms with van der Waals surface area (Å²) in [4.78, 5) is 15.5. The predicted molar refractivity (Wildman–Crippen MR) is 77.8 cm³/mol. The molecular weight excluding hydrogens is 240 g/mol. The Morgan fingerprint density at radius 3 is 2.74 bits per heavy atom. The highest BCUT2D eigenvalue weighted by Gasteiger charge is 2.08. The first-order valence-corrected chi connectivity index (χ1v) is 7.01. The van der Waals surface area contributed by atoms with Crippen molar-refractivity contribution in [3.8, 4) is 0 Å². The zero-order chi connectivity index (χ0) is 14.3. The molecule has 0 unspecified atom stereocenters. The van der Waals surface area contributed by atoms with Crippen LogP contribution in [-0.4, -0.2) is 22.6 Å². The summed E-state index contributed by atoms with van der Waals surface area (Å²) in [6.45, 7) is 7.29. The number of pyridine rings is 1. The van der Waals surface area contributed by atoms with Gasteiger partial charge in [-0.15, -0.1) is 0 Å². The summed E-state index contributed by atoms with van der Waals surface area (Å²) in [5.41, 5.74) is 1.15. The Balaban J connectivity index is 2.67. The maximum atomic E-state index is 11.1. The van der Waals surface area contributed by atoms with Gasteiger partial charge >= 0.3 is 5.97 Å². The van der Waals surface area contributed by atoms with Crippen LogP contribution in [0.1, 0.15) is 56.1 Å². The second kappa shape index (κ2) is 7.77. The normalized spacial score (nSPS) is 10.7. The summed E-state index contributed by atoms with van der Waals surface area (Å²) < 4.78 is 0. The van der Waals surface area contributed by atoms with Gasteiger partial charge < -0.3 is 10.4 Å². The van der Waals surface area contributed by atoms with E-state index in [1.54, 1.807) is 12.1 Å². The van der Waals surface area contributed by atoms with E-state index < -0.39 is 5.97 Å². The number of nitrogens with one attached hydrogen (secondary N) is 1. The average molecular weight is 264 g/mol. The number of aromatic carboxylic acids is 1. The largest absolute Gasteiger partial charge is 0.478 e. The molecule has 4 nitrogen and oxygen atoms in total. The van der Waals surface area contributed by atoms with Gasteiger partial charge in [-0.3, -0.25) is 0 Å². The minimum Gasteiger partial charge on any atom is -0.478 e. The minimum atomic E-state index is -0.898. The molecule has 1 aromatic heterocycles. The third kappa shape index (κ3) is 5.73. The molecule has 0 aliphatic heterocycles. The molecule has 19 heavy (non-hydrogen) atoms. The molecule has 106 valence electrons. The van der Waals surface area contributed by atoms with Gasteiger partial charge in [-0.05, 0) is 37.3 Å². The Kier molecular flexibility index (Phi) is 6.33. The summed E-state index contributed by atoms with van der Waals surface area (Å²) in [5.74, 6) is 0.466. The van der Waals surface area contributed by atoms with E-state index in [-0.39, 0.29) is 0 Å². The van der Waals surface area contributed by atoms with E-state index >= 15 is 0 Å². The van der Waals surface area contributed by atoms with Gasteiger partial charge in [0.05, 0.1) is 5.56 Å². The van der Waals surface area contributed by atoms with Crippen molar-refractivity contribution in [1.82, 2.24) is 4.98 Å². The van der Waals surface area contributed by atoms with Crippen LogP contribution in [0.5, 0.6) is 0 Å². The van der Waals surface area contributed by atoms with Gasteiger partial charge in [-0.2, -0.15) is 0 Å². The first-order chi connectivity index (χ1) is 9.02. The fraction of sp³-hybridized carbons (Fsp3) is 0.600. The fourth-order valence-electron chi connectivity index (χ4n) is 1.91. The lowest BCUT2D eigenvalue weighted by molar-refractivity contribution is 0.0696. The molecule has 1 heterocycles. The summed E-state index contributed by atoms with van der Waals surface area (Å²) in [7, 11) is 0. The third-order valence-electron chi connectivity index (χ3n) is 2.90. The van der Waals surface area contributed by atoms with Crippen molar-refractivity contribution >= 4 is 11.8 Å². The second-order valence-corrected chi connectivity index (χ2v) is 5.25. The van der Waals surface area contributed by atoms with Crippen LogP contribution in [0.3, 0.4) is 0 Å². The number of carbonyl (C=O) groups is 1. The maximum Gasteiger partial charge on any atom is 0.335 e. The fourth-order valence-corrected chi connectivity index (χ4v) is 1.91. The maximum absolute atomic E-state index is 11.1. The molecule has 1 aromatic rings. The Morgan fingerprint density at radius 1 is 1.42 bits per heavy atom. The van der Waals surface area contributed by atoms with Gasteiger partial charge in [-0.1, -0.05) is 27.2 Å².